The molecule has 0 heterocycles. The van der Waals surface area contributed by atoms with Gasteiger partial charge in [0.2, 0.25) is 11.8 Å². The van der Waals surface area contributed by atoms with Crippen molar-refractivity contribution in [3.05, 3.63) is 23.8 Å². The number of hydrogen-bond donors (Lipinski definition) is 3. The van der Waals surface area contributed by atoms with Gasteiger partial charge in [0.15, 0.2) is 0 Å². The Bertz CT molecular complexity index is 582. The molecule has 0 radical (unpaired) electrons. The summed E-state index contributed by atoms with van der Waals surface area (Å²) in [5, 5.41) is 14.2. The summed E-state index contributed by atoms with van der Waals surface area (Å²) in [5.41, 5.74) is 2.18. The summed E-state index contributed by atoms with van der Waals surface area (Å²) < 4.78 is 0. The van der Waals surface area contributed by atoms with Crippen LogP contribution >= 0.6 is 0 Å². The maximum absolute atomic E-state index is 11.9. The molecule has 0 aliphatic rings. The molecule has 0 unspecified atom stereocenters. The highest BCUT2D eigenvalue weighted by molar-refractivity contribution is 5.95. The highest BCUT2D eigenvalue weighted by Crippen LogP contribution is 2.21. The van der Waals surface area contributed by atoms with E-state index in [1.807, 2.05) is 26.8 Å². The first kappa shape index (κ1) is 18.7. The zero-order valence-electron chi connectivity index (χ0n) is 13.8. The van der Waals surface area contributed by atoms with Gasteiger partial charge in [-0.2, -0.15) is 0 Å². The molecule has 2 amide bonds. The highest BCUT2D eigenvalue weighted by atomic mass is 16.4. The summed E-state index contributed by atoms with van der Waals surface area (Å²) in [4.78, 5) is 34.0. The Labute approximate surface area is 136 Å². The fraction of sp³-hybridized carbons (Fsp3) is 0.471. The Hall–Kier alpha value is -2.37. The number of aliphatic carboxylic acids is 1. The molecule has 0 aliphatic carbocycles. The molecular formula is C17H24N2O4. The van der Waals surface area contributed by atoms with Crippen LogP contribution in [0.4, 0.5) is 11.4 Å². The third-order valence-corrected chi connectivity index (χ3v) is 3.35. The Kier molecular flexibility index (Phi) is 7.25. The Morgan fingerprint density at radius 1 is 1.09 bits per heavy atom. The number of anilines is 2. The molecule has 0 aliphatic heterocycles. The number of nitrogens with one attached hydrogen (secondary N) is 2. The van der Waals surface area contributed by atoms with E-state index in [0.29, 0.717) is 24.2 Å². The molecule has 0 aromatic heterocycles. The van der Waals surface area contributed by atoms with E-state index in [4.69, 9.17) is 5.11 Å². The summed E-state index contributed by atoms with van der Waals surface area (Å²) in [6, 6.07) is 5.35. The van der Waals surface area contributed by atoms with E-state index in [0.717, 1.165) is 5.56 Å². The molecular weight excluding hydrogens is 296 g/mol. The van der Waals surface area contributed by atoms with Crippen LogP contribution in [0.15, 0.2) is 18.2 Å². The first-order valence-corrected chi connectivity index (χ1v) is 7.72. The van der Waals surface area contributed by atoms with Crippen molar-refractivity contribution in [2.45, 2.75) is 46.5 Å². The second-order valence-electron chi connectivity index (χ2n) is 5.82. The zero-order valence-corrected chi connectivity index (χ0v) is 13.8. The minimum absolute atomic E-state index is 0.0724. The third kappa shape index (κ3) is 6.95. The SMILES string of the molecule is Cc1ccc(NC(=O)C(C)C)cc1NC(=O)CCCCC(=O)O. The van der Waals surface area contributed by atoms with Gasteiger partial charge in [0.25, 0.3) is 0 Å². The number of amides is 2. The molecule has 0 saturated heterocycles. The van der Waals surface area contributed by atoms with E-state index >= 15 is 0 Å². The first-order valence-electron chi connectivity index (χ1n) is 7.72. The number of hydrogen-bond acceptors (Lipinski definition) is 3. The van der Waals surface area contributed by atoms with Crippen molar-refractivity contribution in [3.63, 3.8) is 0 Å². The second kappa shape index (κ2) is 8.92. The molecule has 1 aromatic carbocycles. The van der Waals surface area contributed by atoms with Crippen molar-refractivity contribution >= 4 is 29.2 Å². The maximum Gasteiger partial charge on any atom is 0.303 e. The monoisotopic (exact) mass is 320 g/mol. The molecule has 23 heavy (non-hydrogen) atoms. The summed E-state index contributed by atoms with van der Waals surface area (Å²) in [6.45, 7) is 5.49. The molecule has 1 aromatic rings. The van der Waals surface area contributed by atoms with Crippen molar-refractivity contribution in [2.24, 2.45) is 5.92 Å². The number of rotatable bonds is 8. The number of aryl methyl sites for hydroxylation is 1. The van der Waals surface area contributed by atoms with Crippen molar-refractivity contribution < 1.29 is 19.5 Å². The Morgan fingerprint density at radius 2 is 1.74 bits per heavy atom. The van der Waals surface area contributed by atoms with E-state index in [9.17, 15) is 14.4 Å². The Morgan fingerprint density at radius 3 is 2.35 bits per heavy atom. The summed E-state index contributed by atoms with van der Waals surface area (Å²) in [6.07, 6.45) is 1.35. The third-order valence-electron chi connectivity index (χ3n) is 3.35. The maximum atomic E-state index is 11.9. The van der Waals surface area contributed by atoms with Crippen molar-refractivity contribution in [1.29, 1.82) is 0 Å². The number of unbranched alkanes of at least 4 members (excludes halogenated alkanes) is 1. The van der Waals surface area contributed by atoms with E-state index < -0.39 is 5.97 Å². The predicted molar refractivity (Wildman–Crippen MR) is 89.4 cm³/mol. The molecule has 126 valence electrons. The van der Waals surface area contributed by atoms with E-state index in [1.165, 1.54) is 0 Å². The average molecular weight is 320 g/mol. The van der Waals surface area contributed by atoms with Gasteiger partial charge in [0.1, 0.15) is 0 Å². The summed E-state index contributed by atoms with van der Waals surface area (Å²) in [7, 11) is 0. The topological polar surface area (TPSA) is 95.5 Å². The van der Waals surface area contributed by atoms with Crippen LogP contribution in [-0.2, 0) is 14.4 Å². The molecule has 0 saturated carbocycles. The lowest BCUT2D eigenvalue weighted by atomic mass is 10.1. The lowest BCUT2D eigenvalue weighted by Crippen LogP contribution is -2.18. The molecule has 3 N–H and O–H groups in total. The van der Waals surface area contributed by atoms with Crippen LogP contribution in [0.3, 0.4) is 0 Å². The number of benzene rings is 1. The minimum Gasteiger partial charge on any atom is -0.481 e. The number of carbonyl (C=O) groups is 3. The van der Waals surface area contributed by atoms with Gasteiger partial charge in [0.05, 0.1) is 0 Å². The van der Waals surface area contributed by atoms with Gasteiger partial charge in [-0.25, -0.2) is 0 Å². The number of carboxylic acid groups (broad SMARTS) is 1. The average Bonchev–Trinajstić information content (AvgIpc) is 2.46. The van der Waals surface area contributed by atoms with Crippen molar-refractivity contribution in [2.75, 3.05) is 10.6 Å². The van der Waals surface area contributed by atoms with E-state index in [-0.39, 0.29) is 30.6 Å². The smallest absolute Gasteiger partial charge is 0.303 e. The van der Waals surface area contributed by atoms with E-state index in [2.05, 4.69) is 10.6 Å². The van der Waals surface area contributed by atoms with Gasteiger partial charge in [0, 0.05) is 30.1 Å². The molecule has 6 heteroatoms. The minimum atomic E-state index is -0.852. The van der Waals surface area contributed by atoms with Gasteiger partial charge >= 0.3 is 5.97 Å². The summed E-state index contributed by atoms with van der Waals surface area (Å²) >= 11 is 0. The lowest BCUT2D eigenvalue weighted by molar-refractivity contribution is -0.137. The van der Waals surface area contributed by atoms with Crippen molar-refractivity contribution in [3.8, 4) is 0 Å². The fourth-order valence-corrected chi connectivity index (χ4v) is 1.90. The quantitative estimate of drug-likeness (QED) is 0.641. The van der Waals surface area contributed by atoms with Gasteiger partial charge in [-0.1, -0.05) is 19.9 Å². The summed E-state index contributed by atoms with van der Waals surface area (Å²) in [5.74, 6) is -1.22. The van der Waals surface area contributed by atoms with Gasteiger partial charge in [-0.3, -0.25) is 14.4 Å². The molecule has 1 rings (SSSR count). The fourth-order valence-electron chi connectivity index (χ4n) is 1.90. The first-order chi connectivity index (χ1) is 10.8. The molecule has 0 atom stereocenters. The molecule has 0 bridgehead atoms. The zero-order chi connectivity index (χ0) is 17.4. The second-order valence-corrected chi connectivity index (χ2v) is 5.82. The van der Waals surface area contributed by atoms with Crippen LogP contribution in [0.5, 0.6) is 0 Å². The largest absolute Gasteiger partial charge is 0.481 e. The Balaban J connectivity index is 2.59. The number of carbonyl (C=O) groups excluding carboxylic acids is 2. The predicted octanol–water partition coefficient (Wildman–Crippen LogP) is 3.17. The van der Waals surface area contributed by atoms with Gasteiger partial charge < -0.3 is 15.7 Å². The van der Waals surface area contributed by atoms with Crippen LogP contribution in [0.25, 0.3) is 0 Å². The lowest BCUT2D eigenvalue weighted by Gasteiger charge is -2.12. The molecule has 6 nitrogen and oxygen atoms in total. The van der Waals surface area contributed by atoms with Crippen molar-refractivity contribution in [1.82, 2.24) is 0 Å². The number of carboxylic acids is 1. The highest BCUT2D eigenvalue weighted by Gasteiger charge is 2.10. The van der Waals surface area contributed by atoms with Crippen LogP contribution in [0.1, 0.15) is 45.1 Å². The van der Waals surface area contributed by atoms with E-state index in [1.54, 1.807) is 12.1 Å². The van der Waals surface area contributed by atoms with Crippen LogP contribution in [0.2, 0.25) is 0 Å². The van der Waals surface area contributed by atoms with Crippen LogP contribution in [0, 0.1) is 12.8 Å². The van der Waals surface area contributed by atoms with Crippen LogP contribution in [-0.4, -0.2) is 22.9 Å². The normalized spacial score (nSPS) is 10.4. The van der Waals surface area contributed by atoms with Gasteiger partial charge in [-0.05, 0) is 37.5 Å². The van der Waals surface area contributed by atoms with Crippen LogP contribution < -0.4 is 10.6 Å². The standard InChI is InChI=1S/C17H24N2O4/c1-11(2)17(23)18-13-9-8-12(3)14(10-13)19-15(20)6-4-5-7-16(21)22/h8-11H,4-7H2,1-3H3,(H,18,23)(H,19,20)(H,21,22). The molecule has 0 fully saturated rings. The molecule has 0 spiro atoms. The van der Waals surface area contributed by atoms with Gasteiger partial charge in [-0.15, -0.1) is 0 Å².